The third-order valence-corrected chi connectivity index (χ3v) is 7.56. The minimum atomic E-state index is 0.321. The van der Waals surface area contributed by atoms with Crippen molar-refractivity contribution in [3.8, 4) is 0 Å². The lowest BCUT2D eigenvalue weighted by Crippen LogP contribution is -2.50. The molecule has 3 saturated heterocycles. The zero-order valence-electron chi connectivity index (χ0n) is 18.2. The number of nitrogens with zero attached hydrogens (tertiary/aromatic N) is 3. The van der Waals surface area contributed by atoms with Gasteiger partial charge in [-0.15, -0.1) is 0 Å². The molecule has 0 aromatic carbocycles. The van der Waals surface area contributed by atoms with Crippen molar-refractivity contribution in [3.63, 3.8) is 0 Å². The third-order valence-electron chi connectivity index (χ3n) is 7.56. The number of likely N-dealkylation sites (tertiary alicyclic amines) is 3. The fraction of sp³-hybridized carbons (Fsp3) is 0.957. The van der Waals surface area contributed by atoms with E-state index >= 15 is 0 Å². The molecule has 0 aromatic heterocycles. The van der Waals surface area contributed by atoms with Gasteiger partial charge in [0.05, 0.1) is 0 Å². The summed E-state index contributed by atoms with van der Waals surface area (Å²) in [5, 5.41) is 0. The lowest BCUT2D eigenvalue weighted by molar-refractivity contribution is 0.0952. The molecule has 3 heterocycles. The predicted octanol–water partition coefficient (Wildman–Crippen LogP) is 4.70. The quantitative estimate of drug-likeness (QED) is 0.694. The molecule has 3 fully saturated rings. The van der Waals surface area contributed by atoms with Crippen LogP contribution in [0.2, 0.25) is 0 Å². The number of piperidine rings is 3. The van der Waals surface area contributed by atoms with Crippen molar-refractivity contribution in [2.75, 3.05) is 45.8 Å². The molecule has 0 saturated carbocycles. The molecule has 27 heavy (non-hydrogen) atoms. The molecule has 0 atom stereocenters. The fourth-order valence-corrected chi connectivity index (χ4v) is 5.50. The molecule has 2 amide bonds. The lowest BCUT2D eigenvalue weighted by atomic mass is 9.86. The summed E-state index contributed by atoms with van der Waals surface area (Å²) in [7, 11) is 0. The van der Waals surface area contributed by atoms with Crippen LogP contribution in [-0.2, 0) is 0 Å². The van der Waals surface area contributed by atoms with E-state index in [0.717, 1.165) is 49.9 Å². The molecule has 0 unspecified atom stereocenters. The van der Waals surface area contributed by atoms with Gasteiger partial charge in [-0.05, 0) is 75.3 Å². The van der Waals surface area contributed by atoms with E-state index in [1.807, 2.05) is 0 Å². The molecule has 3 aliphatic heterocycles. The fourth-order valence-electron chi connectivity index (χ4n) is 5.50. The third kappa shape index (κ3) is 5.85. The molecule has 0 spiro atoms. The van der Waals surface area contributed by atoms with Crippen LogP contribution >= 0.6 is 0 Å². The summed E-state index contributed by atoms with van der Waals surface area (Å²) in [5.41, 5.74) is 0. The van der Waals surface area contributed by atoms with Crippen molar-refractivity contribution in [1.82, 2.24) is 14.7 Å². The number of carbonyl (C=O) groups excluding carboxylic acids is 1. The molecule has 3 rings (SSSR count). The Hall–Kier alpha value is -0.770. The van der Waals surface area contributed by atoms with Gasteiger partial charge in [-0.25, -0.2) is 4.79 Å². The second-order valence-corrected chi connectivity index (χ2v) is 9.81. The maximum Gasteiger partial charge on any atom is 0.319 e. The largest absolute Gasteiger partial charge is 0.325 e. The van der Waals surface area contributed by atoms with Crippen LogP contribution in [-0.4, -0.2) is 66.5 Å². The summed E-state index contributed by atoms with van der Waals surface area (Å²) in [6, 6.07) is 0.321. The molecular weight excluding hydrogens is 334 g/mol. The molecular formula is C23H43N3O. The Kier molecular flexibility index (Phi) is 7.86. The van der Waals surface area contributed by atoms with Gasteiger partial charge < -0.3 is 14.7 Å². The summed E-state index contributed by atoms with van der Waals surface area (Å²) in [5.74, 6) is 3.42. The summed E-state index contributed by atoms with van der Waals surface area (Å²) >= 11 is 0. The molecule has 0 bridgehead atoms. The summed E-state index contributed by atoms with van der Waals surface area (Å²) in [6.07, 6.45) is 10.2. The number of hydrogen-bond acceptors (Lipinski definition) is 2. The van der Waals surface area contributed by atoms with E-state index < -0.39 is 0 Å². The molecule has 4 heteroatoms. The van der Waals surface area contributed by atoms with Crippen molar-refractivity contribution in [2.24, 2.45) is 23.7 Å². The van der Waals surface area contributed by atoms with Crippen LogP contribution in [0.3, 0.4) is 0 Å². The molecule has 3 aliphatic rings. The summed E-state index contributed by atoms with van der Waals surface area (Å²) in [6.45, 7) is 14.8. The van der Waals surface area contributed by atoms with Gasteiger partial charge in [0.15, 0.2) is 0 Å². The van der Waals surface area contributed by atoms with Crippen LogP contribution in [0, 0.1) is 23.7 Å². The van der Waals surface area contributed by atoms with E-state index in [4.69, 9.17) is 0 Å². The SMILES string of the molecule is CCCC1CCN(C(=O)N2CCC(CN3CCC(C(C)C)CC3)CC2)CC1. The lowest BCUT2D eigenvalue weighted by Gasteiger charge is -2.40. The van der Waals surface area contributed by atoms with Crippen molar-refractivity contribution >= 4 is 6.03 Å². The average molecular weight is 378 g/mol. The maximum absolute atomic E-state index is 12.9. The van der Waals surface area contributed by atoms with Gasteiger partial charge in [0.1, 0.15) is 0 Å². The predicted molar refractivity (Wildman–Crippen MR) is 113 cm³/mol. The first-order valence-corrected chi connectivity index (χ1v) is 11.8. The van der Waals surface area contributed by atoms with Crippen molar-refractivity contribution < 1.29 is 4.79 Å². The van der Waals surface area contributed by atoms with Crippen LogP contribution in [0.5, 0.6) is 0 Å². The Balaban J connectivity index is 1.35. The summed E-state index contributed by atoms with van der Waals surface area (Å²) < 4.78 is 0. The van der Waals surface area contributed by atoms with Crippen LogP contribution in [0.25, 0.3) is 0 Å². The maximum atomic E-state index is 12.9. The number of amides is 2. The van der Waals surface area contributed by atoms with E-state index in [0.29, 0.717) is 6.03 Å². The first kappa shape index (κ1) is 21.0. The van der Waals surface area contributed by atoms with Gasteiger partial charge in [0.25, 0.3) is 0 Å². The number of rotatable bonds is 5. The van der Waals surface area contributed by atoms with E-state index in [1.165, 1.54) is 71.0 Å². The Labute approximate surface area is 167 Å². The number of hydrogen-bond donors (Lipinski definition) is 0. The number of urea groups is 1. The van der Waals surface area contributed by atoms with Gasteiger partial charge >= 0.3 is 6.03 Å². The monoisotopic (exact) mass is 377 g/mol. The van der Waals surface area contributed by atoms with Crippen LogP contribution in [0.1, 0.15) is 72.1 Å². The van der Waals surface area contributed by atoms with E-state index in [2.05, 4.69) is 35.5 Å². The van der Waals surface area contributed by atoms with Gasteiger partial charge in [-0.2, -0.15) is 0 Å². The molecule has 0 radical (unpaired) electrons. The zero-order valence-corrected chi connectivity index (χ0v) is 18.2. The Morgan fingerprint density at radius 2 is 1.33 bits per heavy atom. The average Bonchev–Trinajstić information content (AvgIpc) is 2.69. The van der Waals surface area contributed by atoms with E-state index in [1.54, 1.807) is 0 Å². The van der Waals surface area contributed by atoms with Crippen molar-refractivity contribution in [3.05, 3.63) is 0 Å². The molecule has 0 aliphatic carbocycles. The first-order valence-electron chi connectivity index (χ1n) is 11.8. The Bertz CT molecular complexity index is 443. The second-order valence-electron chi connectivity index (χ2n) is 9.81. The Morgan fingerprint density at radius 3 is 1.81 bits per heavy atom. The van der Waals surface area contributed by atoms with Crippen molar-refractivity contribution in [1.29, 1.82) is 0 Å². The van der Waals surface area contributed by atoms with Crippen LogP contribution in [0.4, 0.5) is 4.79 Å². The molecule has 156 valence electrons. The first-order chi connectivity index (χ1) is 13.1. The highest BCUT2D eigenvalue weighted by Crippen LogP contribution is 2.27. The minimum absolute atomic E-state index is 0.321. The van der Waals surface area contributed by atoms with Crippen molar-refractivity contribution in [2.45, 2.75) is 72.1 Å². The zero-order chi connectivity index (χ0) is 19.2. The van der Waals surface area contributed by atoms with Gasteiger partial charge in [-0.3, -0.25) is 0 Å². The molecule has 0 aromatic rings. The standard InChI is InChI=1S/C23H43N3O/c1-4-5-20-6-14-25(15-7-20)23(27)26-16-8-21(9-17-26)18-24-12-10-22(11-13-24)19(2)3/h19-22H,4-18H2,1-3H3. The number of carbonyl (C=O) groups is 1. The van der Waals surface area contributed by atoms with Gasteiger partial charge in [0.2, 0.25) is 0 Å². The smallest absolute Gasteiger partial charge is 0.319 e. The second kappa shape index (κ2) is 10.1. The highest BCUT2D eigenvalue weighted by Gasteiger charge is 2.30. The topological polar surface area (TPSA) is 26.8 Å². The Morgan fingerprint density at radius 1 is 0.815 bits per heavy atom. The highest BCUT2D eigenvalue weighted by molar-refractivity contribution is 5.74. The molecule has 4 nitrogen and oxygen atoms in total. The van der Waals surface area contributed by atoms with Crippen LogP contribution in [0.15, 0.2) is 0 Å². The normalized spacial score (nSPS) is 24.7. The van der Waals surface area contributed by atoms with Gasteiger partial charge in [0, 0.05) is 32.7 Å². The summed E-state index contributed by atoms with van der Waals surface area (Å²) in [4.78, 5) is 19.8. The molecule has 0 N–H and O–H groups in total. The minimum Gasteiger partial charge on any atom is -0.325 e. The van der Waals surface area contributed by atoms with E-state index in [-0.39, 0.29) is 0 Å². The van der Waals surface area contributed by atoms with Crippen LogP contribution < -0.4 is 0 Å². The van der Waals surface area contributed by atoms with E-state index in [9.17, 15) is 4.79 Å². The van der Waals surface area contributed by atoms with Gasteiger partial charge in [-0.1, -0.05) is 33.6 Å². The highest BCUT2D eigenvalue weighted by atomic mass is 16.2.